The van der Waals surface area contributed by atoms with Crippen molar-refractivity contribution >= 4 is 23.0 Å². The third kappa shape index (κ3) is 4.13. The predicted molar refractivity (Wildman–Crippen MR) is 121 cm³/mol. The molecule has 158 valence electrons. The zero-order chi connectivity index (χ0) is 22.5. The molecule has 0 aliphatic rings. The van der Waals surface area contributed by atoms with Gasteiger partial charge in [0.2, 0.25) is 5.91 Å². The van der Waals surface area contributed by atoms with Gasteiger partial charge in [-0.05, 0) is 17.2 Å². The second kappa shape index (κ2) is 9.02. The van der Waals surface area contributed by atoms with Gasteiger partial charge >= 0.3 is 0 Å². The van der Waals surface area contributed by atoms with Crippen molar-refractivity contribution in [3.8, 4) is 17.2 Å². The highest BCUT2D eigenvalue weighted by Crippen LogP contribution is 2.31. The topological polar surface area (TPSA) is 125 Å². The maximum absolute atomic E-state index is 12.9. The van der Waals surface area contributed by atoms with Gasteiger partial charge in [-0.1, -0.05) is 60.7 Å². The summed E-state index contributed by atoms with van der Waals surface area (Å²) in [7, 11) is 0. The van der Waals surface area contributed by atoms with Crippen LogP contribution in [0.3, 0.4) is 0 Å². The van der Waals surface area contributed by atoms with Gasteiger partial charge in [-0.25, -0.2) is 4.52 Å². The Bertz CT molecular complexity index is 1310. The number of rotatable bonds is 7. The quantitative estimate of drug-likeness (QED) is 0.393. The molecule has 2 amide bonds. The van der Waals surface area contributed by atoms with E-state index in [1.165, 1.54) is 6.20 Å². The number of primary amides is 1. The molecule has 0 radical (unpaired) electrons. The Kier molecular flexibility index (Phi) is 5.81. The van der Waals surface area contributed by atoms with Crippen LogP contribution in [-0.4, -0.2) is 28.0 Å². The van der Waals surface area contributed by atoms with Crippen molar-refractivity contribution in [3.05, 3.63) is 90.3 Å². The summed E-state index contributed by atoms with van der Waals surface area (Å²) in [5, 5.41) is 18.9. The van der Waals surface area contributed by atoms with Crippen molar-refractivity contribution in [2.45, 2.75) is 6.04 Å². The molecule has 0 saturated carbocycles. The summed E-state index contributed by atoms with van der Waals surface area (Å²) in [5.74, 6) is -1.08. The van der Waals surface area contributed by atoms with Crippen LogP contribution < -0.4 is 16.4 Å². The third-order valence-electron chi connectivity index (χ3n) is 5.04. The van der Waals surface area contributed by atoms with Gasteiger partial charge in [0.25, 0.3) is 5.91 Å². The van der Waals surface area contributed by atoms with Crippen molar-refractivity contribution < 1.29 is 9.59 Å². The molecule has 0 unspecified atom stereocenters. The van der Waals surface area contributed by atoms with E-state index in [9.17, 15) is 9.59 Å². The molecular weight excluding hydrogens is 404 g/mol. The van der Waals surface area contributed by atoms with Gasteiger partial charge in [0.05, 0.1) is 29.0 Å². The third-order valence-corrected chi connectivity index (χ3v) is 5.04. The van der Waals surface area contributed by atoms with Gasteiger partial charge in [-0.2, -0.15) is 10.4 Å². The number of anilines is 1. The number of nitrogens with zero attached hydrogens (tertiary/aromatic N) is 3. The number of aromatic nitrogens is 2. The van der Waals surface area contributed by atoms with Crippen LogP contribution in [0.1, 0.15) is 22.0 Å². The first-order valence-corrected chi connectivity index (χ1v) is 9.91. The molecule has 0 saturated heterocycles. The first-order valence-electron chi connectivity index (χ1n) is 9.91. The molecule has 0 aliphatic carbocycles. The summed E-state index contributed by atoms with van der Waals surface area (Å²) in [6.45, 7) is -0.137. The number of nitrogens with one attached hydrogen (secondary N) is 2. The van der Waals surface area contributed by atoms with E-state index >= 15 is 0 Å². The molecule has 2 heterocycles. The molecule has 4 N–H and O–H groups in total. The van der Waals surface area contributed by atoms with Crippen molar-refractivity contribution in [2.75, 3.05) is 11.9 Å². The number of carbonyl (C=O) groups excluding carboxylic acids is 2. The van der Waals surface area contributed by atoms with Gasteiger partial charge in [-0.15, -0.1) is 0 Å². The van der Waals surface area contributed by atoms with E-state index in [1.807, 2.05) is 66.9 Å². The van der Waals surface area contributed by atoms with Gasteiger partial charge < -0.3 is 16.4 Å². The monoisotopic (exact) mass is 424 g/mol. The number of hydrogen-bond acceptors (Lipinski definition) is 5. The molecule has 2 aromatic heterocycles. The van der Waals surface area contributed by atoms with Gasteiger partial charge in [-0.3, -0.25) is 9.59 Å². The molecule has 0 spiro atoms. The van der Waals surface area contributed by atoms with Crippen molar-refractivity contribution in [3.63, 3.8) is 0 Å². The molecule has 32 heavy (non-hydrogen) atoms. The van der Waals surface area contributed by atoms with Gasteiger partial charge in [0.1, 0.15) is 12.6 Å². The SMILES string of the molecule is N#CCNC(=O)[C@@H](Nc1c(C(N)=O)cnn2cc(-c3ccccc3)cc12)c1ccccc1. The highest BCUT2D eigenvalue weighted by Gasteiger charge is 2.24. The lowest BCUT2D eigenvalue weighted by Gasteiger charge is -2.21. The van der Waals surface area contributed by atoms with Crippen LogP contribution in [0.4, 0.5) is 5.69 Å². The van der Waals surface area contributed by atoms with E-state index < -0.39 is 17.9 Å². The first-order chi connectivity index (χ1) is 15.6. The number of amides is 2. The number of nitriles is 1. The molecule has 0 bridgehead atoms. The van der Waals surface area contributed by atoms with Gasteiger partial charge in [0.15, 0.2) is 0 Å². The highest BCUT2D eigenvalue weighted by molar-refractivity contribution is 6.03. The van der Waals surface area contributed by atoms with Crippen LogP contribution in [0, 0.1) is 11.3 Å². The first kappa shape index (κ1) is 20.6. The zero-order valence-electron chi connectivity index (χ0n) is 17.0. The number of nitrogens with two attached hydrogens (primary N) is 1. The maximum atomic E-state index is 12.9. The van der Waals surface area contributed by atoms with E-state index in [0.717, 1.165) is 11.1 Å². The minimum atomic E-state index is -0.857. The summed E-state index contributed by atoms with van der Waals surface area (Å²) in [5.41, 5.74) is 9.30. The molecule has 2 aromatic carbocycles. The predicted octanol–water partition coefficient (Wildman–Crippen LogP) is 2.89. The Labute approximate surface area is 184 Å². The molecule has 0 fully saturated rings. The van der Waals surface area contributed by atoms with Crippen molar-refractivity contribution in [2.24, 2.45) is 5.73 Å². The Hall–Kier alpha value is -4.64. The fraction of sp³-hybridized carbons (Fsp3) is 0.0833. The second-order valence-electron chi connectivity index (χ2n) is 7.09. The van der Waals surface area contributed by atoms with Crippen LogP contribution in [0.5, 0.6) is 0 Å². The zero-order valence-corrected chi connectivity index (χ0v) is 17.0. The van der Waals surface area contributed by atoms with Crippen molar-refractivity contribution in [1.29, 1.82) is 5.26 Å². The minimum absolute atomic E-state index is 0.137. The van der Waals surface area contributed by atoms with Crippen LogP contribution in [0.15, 0.2) is 79.1 Å². The number of carbonyl (C=O) groups is 2. The Morgan fingerprint density at radius 3 is 2.41 bits per heavy atom. The molecular formula is C24H20N6O2. The van der Waals surface area contributed by atoms with Crippen LogP contribution >= 0.6 is 0 Å². The lowest BCUT2D eigenvalue weighted by atomic mass is 10.0. The van der Waals surface area contributed by atoms with E-state index in [1.54, 1.807) is 16.6 Å². The van der Waals surface area contributed by atoms with Crippen LogP contribution in [0.2, 0.25) is 0 Å². The summed E-state index contributed by atoms with van der Waals surface area (Å²) in [4.78, 5) is 25.1. The van der Waals surface area contributed by atoms with Crippen LogP contribution in [0.25, 0.3) is 16.6 Å². The lowest BCUT2D eigenvalue weighted by molar-refractivity contribution is -0.121. The summed E-state index contributed by atoms with van der Waals surface area (Å²) < 4.78 is 1.63. The number of benzene rings is 2. The highest BCUT2D eigenvalue weighted by atomic mass is 16.2. The number of hydrogen-bond donors (Lipinski definition) is 3. The van der Waals surface area contributed by atoms with E-state index in [4.69, 9.17) is 11.0 Å². The summed E-state index contributed by atoms with van der Waals surface area (Å²) >= 11 is 0. The molecule has 8 nitrogen and oxygen atoms in total. The second-order valence-corrected chi connectivity index (χ2v) is 7.09. The fourth-order valence-corrected chi connectivity index (χ4v) is 3.50. The molecule has 4 rings (SSSR count). The minimum Gasteiger partial charge on any atom is -0.368 e. The molecule has 4 aromatic rings. The fourth-order valence-electron chi connectivity index (χ4n) is 3.50. The van der Waals surface area contributed by atoms with E-state index in [-0.39, 0.29) is 12.1 Å². The smallest absolute Gasteiger partial charge is 0.252 e. The van der Waals surface area contributed by atoms with Crippen molar-refractivity contribution in [1.82, 2.24) is 14.9 Å². The largest absolute Gasteiger partial charge is 0.368 e. The summed E-state index contributed by atoms with van der Waals surface area (Å²) in [6, 6.07) is 21.7. The standard InChI is InChI=1S/C24H20N6O2/c25-11-12-27-24(32)21(17-9-5-2-6-10-17)29-22-19(23(26)31)14-28-30-15-18(13-20(22)30)16-7-3-1-4-8-16/h1-10,13-15,21,29H,12H2,(H2,26,31)(H,27,32)/t21-/m0/s1. The normalized spacial score (nSPS) is 11.5. The average Bonchev–Trinajstić information content (AvgIpc) is 3.26. The maximum Gasteiger partial charge on any atom is 0.252 e. The molecule has 8 heteroatoms. The van der Waals surface area contributed by atoms with Gasteiger partial charge in [0, 0.05) is 11.8 Å². The van der Waals surface area contributed by atoms with E-state index in [2.05, 4.69) is 15.7 Å². The Morgan fingerprint density at radius 2 is 1.75 bits per heavy atom. The average molecular weight is 424 g/mol. The van der Waals surface area contributed by atoms with E-state index in [0.29, 0.717) is 16.8 Å². The lowest BCUT2D eigenvalue weighted by Crippen LogP contribution is -2.34. The Balaban J connectivity index is 1.83. The van der Waals surface area contributed by atoms with Crippen LogP contribution in [-0.2, 0) is 4.79 Å². The molecule has 0 aliphatic heterocycles. The Morgan fingerprint density at radius 1 is 1.06 bits per heavy atom. The summed E-state index contributed by atoms with van der Waals surface area (Å²) in [6.07, 6.45) is 3.22. The molecule has 1 atom stereocenters. The number of fused-ring (bicyclic) bond motifs is 1.